The molecule has 104 valence electrons. The largest absolute Gasteiger partial charge is 0.312 e. The highest BCUT2D eigenvalue weighted by molar-refractivity contribution is 4.95. The minimum absolute atomic E-state index is 0.779. The zero-order chi connectivity index (χ0) is 12.4. The van der Waals surface area contributed by atoms with Gasteiger partial charge in [-0.25, -0.2) is 0 Å². The van der Waals surface area contributed by atoms with Gasteiger partial charge < -0.3 is 15.1 Å². The molecule has 0 aromatic carbocycles. The molecule has 0 radical (unpaired) electrons. The summed E-state index contributed by atoms with van der Waals surface area (Å²) in [5.41, 5.74) is 0. The van der Waals surface area contributed by atoms with Crippen molar-refractivity contribution in [1.29, 1.82) is 0 Å². The molecule has 1 saturated carbocycles. The molecule has 1 aliphatic carbocycles. The Hall–Kier alpha value is -0.120. The Kier molecular flexibility index (Phi) is 4.22. The van der Waals surface area contributed by atoms with Crippen LogP contribution < -0.4 is 5.32 Å². The van der Waals surface area contributed by atoms with Crippen molar-refractivity contribution in [2.75, 3.05) is 46.3 Å². The van der Waals surface area contributed by atoms with Crippen molar-refractivity contribution in [1.82, 2.24) is 15.1 Å². The van der Waals surface area contributed by atoms with E-state index in [1.807, 2.05) is 0 Å². The summed E-state index contributed by atoms with van der Waals surface area (Å²) in [7, 11) is 2.31. The third-order valence-corrected chi connectivity index (χ3v) is 5.38. The summed E-state index contributed by atoms with van der Waals surface area (Å²) < 4.78 is 0. The highest BCUT2D eigenvalue weighted by Crippen LogP contribution is 2.37. The van der Waals surface area contributed by atoms with Gasteiger partial charge in [-0.3, -0.25) is 0 Å². The van der Waals surface area contributed by atoms with Gasteiger partial charge in [-0.05, 0) is 64.2 Å². The van der Waals surface area contributed by atoms with Crippen molar-refractivity contribution in [3.8, 4) is 0 Å². The number of nitrogens with one attached hydrogen (secondary N) is 1. The molecule has 2 heterocycles. The summed E-state index contributed by atoms with van der Waals surface area (Å²) in [6.07, 6.45) is 7.26. The number of nitrogens with zero attached hydrogens (tertiary/aromatic N) is 2. The van der Waals surface area contributed by atoms with E-state index in [2.05, 4.69) is 22.2 Å². The second-order valence-corrected chi connectivity index (χ2v) is 6.68. The second kappa shape index (κ2) is 5.89. The van der Waals surface area contributed by atoms with E-state index in [9.17, 15) is 0 Å². The fourth-order valence-electron chi connectivity index (χ4n) is 4.25. The Morgan fingerprint density at radius 2 is 2.00 bits per heavy atom. The lowest BCUT2D eigenvalue weighted by molar-refractivity contribution is 0.227. The quantitative estimate of drug-likeness (QED) is 0.797. The standard InChI is InChI=1S/C15H29N3/c1-17(9-10-18-7-2-3-8-18)12-15-14-6-4-5-13(14)11-16-15/h13-16H,2-12H2,1H3. The molecule has 3 nitrogen and oxygen atoms in total. The van der Waals surface area contributed by atoms with Crippen LogP contribution in [0.3, 0.4) is 0 Å². The maximum atomic E-state index is 3.76. The Balaban J connectivity index is 1.39. The Morgan fingerprint density at radius 3 is 2.83 bits per heavy atom. The minimum Gasteiger partial charge on any atom is -0.312 e. The fraction of sp³-hybridized carbons (Fsp3) is 1.00. The molecule has 3 unspecified atom stereocenters. The Bertz CT molecular complexity index is 262. The van der Waals surface area contributed by atoms with Crippen LogP contribution in [0.25, 0.3) is 0 Å². The fourth-order valence-corrected chi connectivity index (χ4v) is 4.25. The lowest BCUT2D eigenvalue weighted by Crippen LogP contribution is -2.41. The van der Waals surface area contributed by atoms with E-state index in [1.165, 1.54) is 71.4 Å². The lowest BCUT2D eigenvalue weighted by Gasteiger charge is -2.26. The van der Waals surface area contributed by atoms with Crippen LogP contribution in [-0.4, -0.2) is 62.2 Å². The summed E-state index contributed by atoms with van der Waals surface area (Å²) in [6, 6.07) is 0.779. The molecular formula is C15H29N3. The molecule has 0 bridgehead atoms. The van der Waals surface area contributed by atoms with Crippen molar-refractivity contribution in [3.63, 3.8) is 0 Å². The van der Waals surface area contributed by atoms with Crippen LogP contribution in [-0.2, 0) is 0 Å². The lowest BCUT2D eigenvalue weighted by atomic mass is 9.94. The van der Waals surface area contributed by atoms with Crippen molar-refractivity contribution >= 4 is 0 Å². The average Bonchev–Trinajstić information content (AvgIpc) is 3.05. The van der Waals surface area contributed by atoms with Crippen LogP contribution in [0.2, 0.25) is 0 Å². The second-order valence-electron chi connectivity index (χ2n) is 6.68. The van der Waals surface area contributed by atoms with Gasteiger partial charge in [0, 0.05) is 25.7 Å². The molecule has 0 spiro atoms. The molecule has 0 aromatic rings. The van der Waals surface area contributed by atoms with Gasteiger partial charge in [0.25, 0.3) is 0 Å². The molecule has 3 atom stereocenters. The number of fused-ring (bicyclic) bond motifs is 1. The molecule has 3 heteroatoms. The number of likely N-dealkylation sites (N-methyl/N-ethyl adjacent to an activating group) is 1. The van der Waals surface area contributed by atoms with E-state index in [0.717, 1.165) is 17.9 Å². The summed E-state index contributed by atoms with van der Waals surface area (Å²) in [4.78, 5) is 5.17. The van der Waals surface area contributed by atoms with Crippen LogP contribution in [0.4, 0.5) is 0 Å². The number of hydrogen-bond acceptors (Lipinski definition) is 3. The molecule has 3 aliphatic rings. The van der Waals surface area contributed by atoms with E-state index < -0.39 is 0 Å². The van der Waals surface area contributed by atoms with Crippen LogP contribution in [0.15, 0.2) is 0 Å². The number of likely N-dealkylation sites (tertiary alicyclic amines) is 1. The highest BCUT2D eigenvalue weighted by Gasteiger charge is 2.38. The predicted octanol–water partition coefficient (Wildman–Crippen LogP) is 1.40. The molecular weight excluding hydrogens is 222 g/mol. The predicted molar refractivity (Wildman–Crippen MR) is 75.8 cm³/mol. The van der Waals surface area contributed by atoms with Crippen LogP contribution in [0.5, 0.6) is 0 Å². The van der Waals surface area contributed by atoms with E-state index >= 15 is 0 Å². The maximum Gasteiger partial charge on any atom is 0.0226 e. The SMILES string of the molecule is CN(CCN1CCCC1)CC1NCC2CCCC21. The Labute approximate surface area is 112 Å². The number of rotatable bonds is 5. The molecule has 3 rings (SSSR count). The first-order chi connectivity index (χ1) is 8.83. The normalized spacial score (nSPS) is 36.7. The van der Waals surface area contributed by atoms with E-state index in [1.54, 1.807) is 0 Å². The van der Waals surface area contributed by atoms with Gasteiger partial charge >= 0.3 is 0 Å². The molecule has 0 aromatic heterocycles. The minimum atomic E-state index is 0.779. The Morgan fingerprint density at radius 1 is 1.17 bits per heavy atom. The zero-order valence-electron chi connectivity index (χ0n) is 11.9. The van der Waals surface area contributed by atoms with Crippen molar-refractivity contribution < 1.29 is 0 Å². The van der Waals surface area contributed by atoms with Crippen LogP contribution >= 0.6 is 0 Å². The van der Waals surface area contributed by atoms with E-state index in [4.69, 9.17) is 0 Å². The first-order valence-electron chi connectivity index (χ1n) is 7.97. The van der Waals surface area contributed by atoms with E-state index in [0.29, 0.717) is 0 Å². The van der Waals surface area contributed by atoms with Crippen molar-refractivity contribution in [2.24, 2.45) is 11.8 Å². The third-order valence-electron chi connectivity index (χ3n) is 5.38. The topological polar surface area (TPSA) is 18.5 Å². The molecule has 18 heavy (non-hydrogen) atoms. The molecule has 3 fully saturated rings. The van der Waals surface area contributed by atoms with Gasteiger partial charge in [-0.2, -0.15) is 0 Å². The van der Waals surface area contributed by atoms with Gasteiger partial charge in [0.05, 0.1) is 0 Å². The maximum absolute atomic E-state index is 3.76. The molecule has 0 amide bonds. The van der Waals surface area contributed by atoms with Gasteiger partial charge in [-0.15, -0.1) is 0 Å². The average molecular weight is 251 g/mol. The molecule has 1 N–H and O–H groups in total. The summed E-state index contributed by atoms with van der Waals surface area (Å²) in [6.45, 7) is 7.73. The third kappa shape index (κ3) is 2.89. The van der Waals surface area contributed by atoms with Crippen LogP contribution in [0.1, 0.15) is 32.1 Å². The number of hydrogen-bond donors (Lipinski definition) is 1. The zero-order valence-corrected chi connectivity index (χ0v) is 11.9. The monoisotopic (exact) mass is 251 g/mol. The summed E-state index contributed by atoms with van der Waals surface area (Å²) >= 11 is 0. The smallest absolute Gasteiger partial charge is 0.0226 e. The van der Waals surface area contributed by atoms with Gasteiger partial charge in [0.1, 0.15) is 0 Å². The molecule has 2 aliphatic heterocycles. The summed E-state index contributed by atoms with van der Waals surface area (Å²) in [5.74, 6) is 1.99. The van der Waals surface area contributed by atoms with Crippen LogP contribution in [0, 0.1) is 11.8 Å². The first kappa shape index (κ1) is 12.9. The van der Waals surface area contributed by atoms with Gasteiger partial charge in [-0.1, -0.05) is 6.42 Å². The first-order valence-corrected chi connectivity index (χ1v) is 7.97. The van der Waals surface area contributed by atoms with Gasteiger partial charge in [0.2, 0.25) is 0 Å². The van der Waals surface area contributed by atoms with Crippen molar-refractivity contribution in [3.05, 3.63) is 0 Å². The van der Waals surface area contributed by atoms with Gasteiger partial charge in [0.15, 0.2) is 0 Å². The highest BCUT2D eigenvalue weighted by atomic mass is 15.2. The summed E-state index contributed by atoms with van der Waals surface area (Å²) in [5, 5.41) is 3.76. The van der Waals surface area contributed by atoms with E-state index in [-0.39, 0.29) is 0 Å². The molecule has 2 saturated heterocycles. The van der Waals surface area contributed by atoms with Crippen molar-refractivity contribution in [2.45, 2.75) is 38.1 Å².